The Labute approximate surface area is 107 Å². The molecule has 0 bridgehead atoms. The fourth-order valence-corrected chi connectivity index (χ4v) is 0.926. The molecule has 0 heterocycles. The molecule has 8 heteroatoms. The van der Waals surface area contributed by atoms with Gasteiger partial charge in [0.2, 0.25) is 0 Å². The predicted molar refractivity (Wildman–Crippen MR) is 66.8 cm³/mol. The molecular weight excluding hydrogens is 240 g/mol. The predicted octanol–water partition coefficient (Wildman–Crippen LogP) is 2.70. The first kappa shape index (κ1) is 9.51. The minimum Gasteiger partial charge on any atom is -0.272 e. The van der Waals surface area contributed by atoms with E-state index >= 15 is 0 Å². The van der Waals surface area contributed by atoms with Gasteiger partial charge in [-0.2, -0.15) is 5.10 Å². The molecule has 1 aromatic rings. The molecule has 0 saturated carbocycles. The Hall–Kier alpha value is -2.51. The number of rotatable bonds is 5. The van der Waals surface area contributed by atoms with Gasteiger partial charge in [-0.15, -0.1) is 0 Å². The van der Waals surface area contributed by atoms with E-state index in [-0.39, 0.29) is 0 Å². The molecule has 0 saturated heterocycles. The Balaban J connectivity index is 3.64. The third kappa shape index (κ3) is 3.24. The maximum absolute atomic E-state index is 11.0. The van der Waals surface area contributed by atoms with E-state index in [1.165, 1.54) is 0 Å². The summed E-state index contributed by atoms with van der Waals surface area (Å²) in [4.78, 5) is 19.7. The number of nitrogens with one attached hydrogen (secondary N) is 1. The van der Waals surface area contributed by atoms with Crippen LogP contribution in [0, 0.1) is 20.2 Å². The summed E-state index contributed by atoms with van der Waals surface area (Å²) < 4.78 is 22.7. The summed E-state index contributed by atoms with van der Waals surface area (Å²) in [5.41, 5.74) is 0.297. The minimum absolute atomic E-state index is 0.506. The van der Waals surface area contributed by atoms with Crippen LogP contribution >= 0.6 is 0 Å². The molecule has 18 heavy (non-hydrogen) atoms. The van der Waals surface area contributed by atoms with Gasteiger partial charge < -0.3 is 0 Å². The van der Waals surface area contributed by atoms with Crippen molar-refractivity contribution >= 4 is 22.8 Å². The average molecular weight is 255 g/mol. The van der Waals surface area contributed by atoms with Crippen molar-refractivity contribution in [2.45, 2.75) is 20.3 Å². The second kappa shape index (κ2) is 5.71. The zero-order chi connectivity index (χ0) is 16.3. The molecule has 96 valence electrons. The van der Waals surface area contributed by atoms with Gasteiger partial charge in [0.25, 0.3) is 5.69 Å². The van der Waals surface area contributed by atoms with E-state index in [0.29, 0.717) is 12.1 Å². The third-order valence-corrected chi connectivity index (χ3v) is 2.01. The van der Waals surface area contributed by atoms with Crippen molar-refractivity contribution in [1.82, 2.24) is 0 Å². The van der Waals surface area contributed by atoms with Gasteiger partial charge in [0.05, 0.1) is 20.0 Å². The standard InChI is InChI=1S/C10H12N4O4/c1-3-7(2)11-12-9-5-4-8(13(15)16)6-10(9)14(17)18/h4-6,12H,3H2,1-2H3/i4D,5D,6D. The first-order valence-corrected chi connectivity index (χ1v) is 4.94. The molecule has 0 aliphatic heterocycles. The van der Waals surface area contributed by atoms with Gasteiger partial charge in [0.1, 0.15) is 5.69 Å². The van der Waals surface area contributed by atoms with E-state index < -0.39 is 45.0 Å². The molecule has 0 amide bonds. The highest BCUT2D eigenvalue weighted by Crippen LogP contribution is 2.28. The van der Waals surface area contributed by atoms with Gasteiger partial charge in [-0.1, -0.05) is 6.92 Å². The van der Waals surface area contributed by atoms with Crippen LogP contribution < -0.4 is 5.43 Å². The van der Waals surface area contributed by atoms with Gasteiger partial charge in [-0.3, -0.25) is 25.7 Å². The lowest BCUT2D eigenvalue weighted by atomic mass is 10.2. The lowest BCUT2D eigenvalue weighted by molar-refractivity contribution is -0.393. The van der Waals surface area contributed by atoms with Gasteiger partial charge in [-0.25, -0.2) is 0 Å². The van der Waals surface area contributed by atoms with Crippen LogP contribution in [0.5, 0.6) is 0 Å². The second-order valence-corrected chi connectivity index (χ2v) is 3.27. The van der Waals surface area contributed by atoms with Crippen LogP contribution in [0.15, 0.2) is 23.2 Å². The van der Waals surface area contributed by atoms with Gasteiger partial charge in [0, 0.05) is 11.8 Å². The number of nitro groups is 2. The third-order valence-electron chi connectivity index (χ3n) is 2.01. The van der Waals surface area contributed by atoms with Crippen molar-refractivity contribution < 1.29 is 14.0 Å². The van der Waals surface area contributed by atoms with Gasteiger partial charge in [0.15, 0.2) is 0 Å². The molecule has 0 unspecified atom stereocenters. The molecule has 0 aromatic heterocycles. The van der Waals surface area contributed by atoms with Crippen molar-refractivity contribution in [3.05, 3.63) is 38.4 Å². The monoisotopic (exact) mass is 255 g/mol. The van der Waals surface area contributed by atoms with Crippen molar-refractivity contribution in [3.8, 4) is 0 Å². The van der Waals surface area contributed by atoms with Crippen molar-refractivity contribution in [1.29, 1.82) is 0 Å². The van der Waals surface area contributed by atoms with Crippen molar-refractivity contribution in [3.63, 3.8) is 0 Å². The lowest BCUT2D eigenvalue weighted by Crippen LogP contribution is -2.00. The molecule has 0 fully saturated rings. The maximum atomic E-state index is 11.0. The van der Waals surface area contributed by atoms with Crippen LogP contribution in [-0.2, 0) is 0 Å². The molecule has 0 atom stereocenters. The zero-order valence-corrected chi connectivity index (χ0v) is 9.68. The number of benzene rings is 1. The van der Waals surface area contributed by atoms with Crippen LogP contribution in [0.2, 0.25) is 0 Å². The van der Waals surface area contributed by atoms with Crippen LogP contribution in [0.3, 0.4) is 0 Å². The highest BCUT2D eigenvalue weighted by molar-refractivity contribution is 5.82. The van der Waals surface area contributed by atoms with Crippen LogP contribution in [0.4, 0.5) is 17.1 Å². The first-order valence-electron chi connectivity index (χ1n) is 6.44. The van der Waals surface area contributed by atoms with E-state index in [1.54, 1.807) is 13.8 Å². The van der Waals surface area contributed by atoms with E-state index in [2.05, 4.69) is 10.5 Å². The number of hydrazone groups is 1. The molecule has 0 radical (unpaired) electrons. The van der Waals surface area contributed by atoms with Crippen LogP contribution in [0.25, 0.3) is 0 Å². The maximum Gasteiger partial charge on any atom is 0.301 e. The van der Waals surface area contributed by atoms with E-state index in [0.717, 1.165) is 0 Å². The summed E-state index contributed by atoms with van der Waals surface area (Å²) in [7, 11) is 0. The molecule has 1 aromatic carbocycles. The largest absolute Gasteiger partial charge is 0.301 e. The number of anilines is 1. The zero-order valence-electron chi connectivity index (χ0n) is 12.7. The normalized spacial score (nSPS) is 13.4. The van der Waals surface area contributed by atoms with Gasteiger partial charge >= 0.3 is 5.69 Å². The molecule has 1 rings (SSSR count). The Bertz CT molecular complexity index is 648. The molecule has 0 spiro atoms. The summed E-state index contributed by atoms with van der Waals surface area (Å²) in [5, 5.41) is 25.6. The summed E-state index contributed by atoms with van der Waals surface area (Å²) >= 11 is 0. The highest BCUT2D eigenvalue weighted by Gasteiger charge is 2.19. The summed E-state index contributed by atoms with van der Waals surface area (Å²) in [6, 6.07) is -2.66. The first-order chi connectivity index (χ1) is 9.72. The SMILES string of the molecule is [2H]c1c([2H])c([N+](=O)[O-])c([2H])c([N+](=O)[O-])c1NN=C(C)CC. The minimum atomic E-state index is -1.08. The van der Waals surface area contributed by atoms with Crippen molar-refractivity contribution in [2.75, 3.05) is 5.43 Å². The second-order valence-electron chi connectivity index (χ2n) is 3.27. The number of hydrogen-bond acceptors (Lipinski definition) is 6. The quantitative estimate of drug-likeness (QED) is 0.494. The Morgan fingerprint density at radius 1 is 1.44 bits per heavy atom. The number of hydrogen-bond donors (Lipinski definition) is 1. The Morgan fingerprint density at radius 3 is 2.61 bits per heavy atom. The van der Waals surface area contributed by atoms with E-state index in [9.17, 15) is 20.2 Å². The van der Waals surface area contributed by atoms with Crippen LogP contribution in [-0.4, -0.2) is 15.6 Å². The van der Waals surface area contributed by atoms with Crippen molar-refractivity contribution in [2.24, 2.45) is 5.10 Å². The Kier molecular flexibility index (Phi) is 3.02. The molecule has 0 aliphatic carbocycles. The molecule has 8 nitrogen and oxygen atoms in total. The average Bonchev–Trinajstić information content (AvgIpc) is 2.39. The van der Waals surface area contributed by atoms with E-state index in [4.69, 9.17) is 4.11 Å². The number of nitrogens with zero attached hydrogens (tertiary/aromatic N) is 3. The Morgan fingerprint density at radius 2 is 2.11 bits per heavy atom. The summed E-state index contributed by atoms with van der Waals surface area (Å²) in [6.45, 7) is 3.43. The highest BCUT2D eigenvalue weighted by atomic mass is 16.6. The smallest absolute Gasteiger partial charge is 0.272 e. The van der Waals surface area contributed by atoms with Gasteiger partial charge in [-0.05, 0) is 19.4 Å². The topological polar surface area (TPSA) is 111 Å². The number of nitro benzene ring substituents is 2. The lowest BCUT2D eigenvalue weighted by Gasteiger charge is -2.03. The van der Waals surface area contributed by atoms with Crippen LogP contribution in [0.1, 0.15) is 24.4 Å². The molecule has 1 N–H and O–H groups in total. The summed E-state index contributed by atoms with van der Waals surface area (Å²) in [5.74, 6) is 0. The fourth-order valence-electron chi connectivity index (χ4n) is 0.926. The molecular formula is C10H12N4O4. The molecule has 0 aliphatic rings. The summed E-state index contributed by atoms with van der Waals surface area (Å²) in [6.07, 6.45) is 0.544. The van der Waals surface area contributed by atoms with E-state index in [1.807, 2.05) is 0 Å². The fraction of sp³-hybridized carbons (Fsp3) is 0.300.